The fourth-order valence-corrected chi connectivity index (χ4v) is 1.79. The van der Waals surface area contributed by atoms with E-state index in [2.05, 4.69) is 26.1 Å². The van der Waals surface area contributed by atoms with Gasteiger partial charge in [-0.2, -0.15) is 0 Å². The van der Waals surface area contributed by atoms with Crippen LogP contribution in [0.25, 0.3) is 11.5 Å². The van der Waals surface area contributed by atoms with Crippen molar-refractivity contribution in [2.24, 2.45) is 0 Å². The normalized spacial score (nSPS) is 10.9. The summed E-state index contributed by atoms with van der Waals surface area (Å²) in [6.07, 6.45) is 0. The molecule has 90 valence electrons. The van der Waals surface area contributed by atoms with Crippen molar-refractivity contribution in [2.45, 2.75) is 19.8 Å². The van der Waals surface area contributed by atoms with E-state index in [-0.39, 0.29) is 5.92 Å². The third-order valence-electron chi connectivity index (χ3n) is 2.33. The number of hydrogen-bond acceptors (Lipinski definition) is 4. The second-order valence-corrected chi connectivity index (χ2v) is 4.86. The van der Waals surface area contributed by atoms with Crippen molar-refractivity contribution in [2.75, 3.05) is 7.11 Å². The summed E-state index contributed by atoms with van der Waals surface area (Å²) in [6.45, 7) is 4.02. The van der Waals surface area contributed by atoms with Gasteiger partial charge in [-0.1, -0.05) is 29.8 Å². The molecule has 0 aliphatic rings. The van der Waals surface area contributed by atoms with Gasteiger partial charge in [0.05, 0.1) is 12.7 Å². The Morgan fingerprint density at radius 3 is 2.65 bits per heavy atom. The Bertz CT molecular complexity index is 523. The third-order valence-corrected chi connectivity index (χ3v) is 2.82. The maximum Gasteiger partial charge on any atom is 0.251 e. The summed E-state index contributed by atoms with van der Waals surface area (Å²) in [7, 11) is 1.62. The summed E-state index contributed by atoms with van der Waals surface area (Å²) >= 11 is 3.41. The van der Waals surface area contributed by atoms with Gasteiger partial charge in [0.2, 0.25) is 5.89 Å². The van der Waals surface area contributed by atoms with E-state index in [4.69, 9.17) is 9.15 Å². The van der Waals surface area contributed by atoms with Crippen LogP contribution in [0.4, 0.5) is 0 Å². The predicted octanol–water partition coefficient (Wildman–Crippen LogP) is 3.63. The third kappa shape index (κ3) is 2.49. The van der Waals surface area contributed by atoms with Crippen LogP contribution in [0, 0.1) is 0 Å². The molecule has 0 spiro atoms. The molecular weight excluding hydrogens is 284 g/mol. The zero-order valence-corrected chi connectivity index (χ0v) is 11.5. The summed E-state index contributed by atoms with van der Waals surface area (Å²) in [5.74, 6) is 2.04. The van der Waals surface area contributed by atoms with E-state index >= 15 is 0 Å². The summed E-state index contributed by atoms with van der Waals surface area (Å²) < 4.78 is 11.8. The highest BCUT2D eigenvalue weighted by atomic mass is 79.9. The standard InChI is InChI=1S/C12H13BrN2O2/c1-7(2)11-14-15-12(17-11)9-6-8(13)4-5-10(9)16-3/h4-7H,1-3H3. The van der Waals surface area contributed by atoms with Crippen LogP contribution in [-0.4, -0.2) is 17.3 Å². The van der Waals surface area contributed by atoms with Crippen molar-refractivity contribution in [3.8, 4) is 17.2 Å². The predicted molar refractivity (Wildman–Crippen MR) is 68.1 cm³/mol. The summed E-state index contributed by atoms with van der Waals surface area (Å²) in [5.41, 5.74) is 0.793. The Hall–Kier alpha value is -1.36. The van der Waals surface area contributed by atoms with Gasteiger partial charge in [-0.25, -0.2) is 0 Å². The molecule has 1 aromatic heterocycles. The number of methoxy groups -OCH3 is 1. The fraction of sp³-hybridized carbons (Fsp3) is 0.333. The van der Waals surface area contributed by atoms with Gasteiger partial charge in [-0.05, 0) is 18.2 Å². The van der Waals surface area contributed by atoms with E-state index < -0.39 is 0 Å². The van der Waals surface area contributed by atoms with Crippen LogP contribution < -0.4 is 4.74 Å². The molecule has 0 saturated heterocycles. The first-order valence-electron chi connectivity index (χ1n) is 5.29. The molecule has 4 nitrogen and oxygen atoms in total. The quantitative estimate of drug-likeness (QED) is 0.868. The molecule has 0 unspecified atom stereocenters. The molecule has 0 fully saturated rings. The lowest BCUT2D eigenvalue weighted by molar-refractivity contribution is 0.412. The second kappa shape index (κ2) is 4.87. The molecule has 0 aliphatic heterocycles. The van der Waals surface area contributed by atoms with E-state index in [0.29, 0.717) is 17.5 Å². The summed E-state index contributed by atoms with van der Waals surface area (Å²) in [5, 5.41) is 8.05. The molecule has 0 radical (unpaired) electrons. The van der Waals surface area contributed by atoms with Crippen LogP contribution >= 0.6 is 15.9 Å². The van der Waals surface area contributed by atoms with Gasteiger partial charge >= 0.3 is 0 Å². The average Bonchev–Trinajstić information content (AvgIpc) is 2.78. The SMILES string of the molecule is COc1ccc(Br)cc1-c1nnc(C(C)C)o1. The van der Waals surface area contributed by atoms with Crippen LogP contribution in [0.5, 0.6) is 5.75 Å². The number of aromatic nitrogens is 2. The second-order valence-electron chi connectivity index (χ2n) is 3.94. The maximum absolute atomic E-state index is 5.61. The van der Waals surface area contributed by atoms with E-state index in [9.17, 15) is 0 Å². The number of rotatable bonds is 3. The number of hydrogen-bond donors (Lipinski definition) is 0. The molecule has 17 heavy (non-hydrogen) atoms. The number of benzene rings is 1. The van der Waals surface area contributed by atoms with Crippen LogP contribution in [0.2, 0.25) is 0 Å². The minimum atomic E-state index is 0.217. The monoisotopic (exact) mass is 296 g/mol. The van der Waals surface area contributed by atoms with Crippen molar-refractivity contribution in [3.05, 3.63) is 28.6 Å². The van der Waals surface area contributed by atoms with Gasteiger partial charge in [0, 0.05) is 10.4 Å². The minimum Gasteiger partial charge on any atom is -0.496 e. The summed E-state index contributed by atoms with van der Waals surface area (Å²) in [4.78, 5) is 0. The molecule has 2 rings (SSSR count). The van der Waals surface area contributed by atoms with Crippen molar-refractivity contribution in [1.29, 1.82) is 0 Å². The van der Waals surface area contributed by atoms with E-state index in [1.165, 1.54) is 0 Å². The number of halogens is 1. The van der Waals surface area contributed by atoms with E-state index in [1.54, 1.807) is 7.11 Å². The molecule has 1 aromatic carbocycles. The first-order valence-corrected chi connectivity index (χ1v) is 6.08. The molecule has 0 atom stereocenters. The minimum absolute atomic E-state index is 0.217. The topological polar surface area (TPSA) is 48.2 Å². The van der Waals surface area contributed by atoms with Gasteiger partial charge in [0.25, 0.3) is 5.89 Å². The number of nitrogens with zero attached hydrogens (tertiary/aromatic N) is 2. The fourth-order valence-electron chi connectivity index (χ4n) is 1.42. The largest absolute Gasteiger partial charge is 0.496 e. The Balaban J connectivity index is 2.47. The lowest BCUT2D eigenvalue weighted by Gasteiger charge is -2.05. The van der Waals surface area contributed by atoms with Crippen molar-refractivity contribution >= 4 is 15.9 Å². The van der Waals surface area contributed by atoms with Crippen molar-refractivity contribution in [1.82, 2.24) is 10.2 Å². The van der Waals surface area contributed by atoms with Crippen LogP contribution in [0.1, 0.15) is 25.7 Å². The van der Waals surface area contributed by atoms with Gasteiger partial charge in [0.1, 0.15) is 5.75 Å². The first kappa shape index (κ1) is 12.1. The highest BCUT2D eigenvalue weighted by Crippen LogP contribution is 2.32. The Labute approximate surface area is 108 Å². The molecule has 0 amide bonds. The zero-order valence-electron chi connectivity index (χ0n) is 9.90. The van der Waals surface area contributed by atoms with Crippen LogP contribution in [0.15, 0.2) is 27.1 Å². The molecule has 1 heterocycles. The highest BCUT2D eigenvalue weighted by molar-refractivity contribution is 9.10. The highest BCUT2D eigenvalue weighted by Gasteiger charge is 2.15. The first-order chi connectivity index (χ1) is 8.11. The molecule has 0 saturated carbocycles. The Kier molecular flexibility index (Phi) is 3.47. The molecule has 5 heteroatoms. The molecule has 0 N–H and O–H groups in total. The lowest BCUT2D eigenvalue weighted by atomic mass is 10.2. The van der Waals surface area contributed by atoms with E-state index in [0.717, 1.165) is 10.0 Å². The van der Waals surface area contributed by atoms with Gasteiger partial charge in [-0.3, -0.25) is 0 Å². The van der Waals surface area contributed by atoms with E-state index in [1.807, 2.05) is 32.0 Å². The maximum atomic E-state index is 5.61. The lowest BCUT2D eigenvalue weighted by Crippen LogP contribution is -1.88. The molecular formula is C12H13BrN2O2. The number of ether oxygens (including phenoxy) is 1. The van der Waals surface area contributed by atoms with Gasteiger partial charge in [-0.15, -0.1) is 10.2 Å². The average molecular weight is 297 g/mol. The molecule has 0 aliphatic carbocycles. The summed E-state index contributed by atoms with van der Waals surface area (Å²) in [6, 6.07) is 5.66. The van der Waals surface area contributed by atoms with Gasteiger partial charge < -0.3 is 9.15 Å². The Morgan fingerprint density at radius 1 is 1.29 bits per heavy atom. The van der Waals surface area contributed by atoms with Crippen LogP contribution in [-0.2, 0) is 0 Å². The zero-order chi connectivity index (χ0) is 12.4. The molecule has 2 aromatic rings. The van der Waals surface area contributed by atoms with Crippen LogP contribution in [0.3, 0.4) is 0 Å². The Morgan fingerprint density at radius 2 is 2.06 bits per heavy atom. The smallest absolute Gasteiger partial charge is 0.251 e. The molecule has 0 bridgehead atoms. The van der Waals surface area contributed by atoms with Crippen molar-refractivity contribution < 1.29 is 9.15 Å². The van der Waals surface area contributed by atoms with Crippen molar-refractivity contribution in [3.63, 3.8) is 0 Å². The van der Waals surface area contributed by atoms with Gasteiger partial charge in [0.15, 0.2) is 0 Å².